The van der Waals surface area contributed by atoms with Crippen LogP contribution in [0.15, 0.2) is 24.3 Å². The number of nitrogens with one attached hydrogen (secondary N) is 1. The molecule has 128 valence electrons. The zero-order chi connectivity index (χ0) is 17.1. The highest BCUT2D eigenvalue weighted by molar-refractivity contribution is 6.01. The van der Waals surface area contributed by atoms with E-state index in [-0.39, 0.29) is 55.5 Å². The van der Waals surface area contributed by atoms with E-state index in [1.54, 1.807) is 17.0 Å². The number of rotatable bonds is 4. The van der Waals surface area contributed by atoms with Crippen LogP contribution in [0.25, 0.3) is 0 Å². The molecule has 0 spiro atoms. The Balaban J connectivity index is 1.45. The Labute approximate surface area is 139 Å². The average Bonchev–Trinajstić information content (AvgIpc) is 3.17. The Bertz CT molecular complexity index is 631. The molecule has 1 unspecified atom stereocenters. The number of urea groups is 1. The monoisotopic (exact) mass is 333 g/mol. The molecule has 0 saturated carbocycles. The summed E-state index contributed by atoms with van der Waals surface area (Å²) in [5.74, 6) is -0.408. The van der Waals surface area contributed by atoms with Gasteiger partial charge in [0, 0.05) is 44.9 Å². The molecule has 0 bridgehead atoms. The number of carbonyl (C=O) groups is 3. The maximum atomic E-state index is 13.0. The van der Waals surface area contributed by atoms with Crippen LogP contribution in [0.3, 0.4) is 0 Å². The van der Waals surface area contributed by atoms with Gasteiger partial charge in [0.05, 0.1) is 0 Å². The molecule has 1 N–H and O–H groups in total. The van der Waals surface area contributed by atoms with Gasteiger partial charge >= 0.3 is 6.03 Å². The second-order valence-electron chi connectivity index (χ2n) is 6.15. The predicted molar refractivity (Wildman–Crippen MR) is 84.7 cm³/mol. The molecule has 2 aliphatic rings. The Morgan fingerprint density at radius 3 is 2.50 bits per heavy atom. The Morgan fingerprint density at radius 2 is 1.83 bits per heavy atom. The van der Waals surface area contributed by atoms with E-state index in [4.69, 9.17) is 0 Å². The molecule has 4 amide bonds. The highest BCUT2D eigenvalue weighted by Crippen LogP contribution is 2.27. The van der Waals surface area contributed by atoms with Crippen LogP contribution in [0.4, 0.5) is 9.18 Å². The van der Waals surface area contributed by atoms with Gasteiger partial charge in [0.25, 0.3) is 0 Å². The molecule has 2 aliphatic heterocycles. The van der Waals surface area contributed by atoms with Crippen molar-refractivity contribution >= 4 is 17.8 Å². The summed E-state index contributed by atoms with van der Waals surface area (Å²) in [5.41, 5.74) is 1.03. The van der Waals surface area contributed by atoms with E-state index in [2.05, 4.69) is 5.32 Å². The molecule has 1 aromatic rings. The maximum Gasteiger partial charge on any atom is 0.317 e. The topological polar surface area (TPSA) is 69.7 Å². The number of imide groups is 1. The van der Waals surface area contributed by atoms with Gasteiger partial charge in [-0.05, 0) is 24.1 Å². The van der Waals surface area contributed by atoms with Gasteiger partial charge in [-0.25, -0.2) is 9.18 Å². The van der Waals surface area contributed by atoms with Crippen molar-refractivity contribution in [1.29, 1.82) is 0 Å². The second kappa shape index (κ2) is 6.98. The Morgan fingerprint density at radius 1 is 1.17 bits per heavy atom. The van der Waals surface area contributed by atoms with Crippen LogP contribution in [0.5, 0.6) is 0 Å². The number of halogens is 1. The van der Waals surface area contributed by atoms with Crippen LogP contribution in [0.1, 0.15) is 30.7 Å². The number of nitrogens with zero attached hydrogens (tertiary/aromatic N) is 2. The lowest BCUT2D eigenvalue weighted by Gasteiger charge is -2.19. The van der Waals surface area contributed by atoms with Crippen LogP contribution >= 0.6 is 0 Å². The molecular weight excluding hydrogens is 313 g/mol. The lowest BCUT2D eigenvalue weighted by molar-refractivity contribution is -0.138. The molecule has 6 nitrogen and oxygen atoms in total. The lowest BCUT2D eigenvalue weighted by atomic mass is 9.99. The molecule has 2 heterocycles. The first kappa shape index (κ1) is 16.4. The fourth-order valence-electron chi connectivity index (χ4n) is 3.21. The van der Waals surface area contributed by atoms with Gasteiger partial charge in [-0.2, -0.15) is 0 Å². The van der Waals surface area contributed by atoms with E-state index >= 15 is 0 Å². The number of amides is 4. The van der Waals surface area contributed by atoms with Gasteiger partial charge in [0.1, 0.15) is 5.82 Å². The maximum absolute atomic E-state index is 13.0. The van der Waals surface area contributed by atoms with Crippen LogP contribution in [0, 0.1) is 5.82 Å². The summed E-state index contributed by atoms with van der Waals surface area (Å²) < 4.78 is 13.0. The van der Waals surface area contributed by atoms with Crippen molar-refractivity contribution in [2.45, 2.75) is 25.2 Å². The summed E-state index contributed by atoms with van der Waals surface area (Å²) in [6.45, 7) is 1.70. The number of benzene rings is 1. The molecule has 0 aromatic heterocycles. The molecule has 0 aliphatic carbocycles. The van der Waals surface area contributed by atoms with Crippen LogP contribution < -0.4 is 5.32 Å². The summed E-state index contributed by atoms with van der Waals surface area (Å²) in [4.78, 5) is 38.1. The third kappa shape index (κ3) is 3.55. The fraction of sp³-hybridized carbons (Fsp3) is 0.471. The van der Waals surface area contributed by atoms with Crippen molar-refractivity contribution < 1.29 is 18.8 Å². The van der Waals surface area contributed by atoms with E-state index in [0.29, 0.717) is 13.1 Å². The molecular formula is C17H20FN3O3. The normalized spacial score (nSPS) is 20.8. The SMILES string of the molecule is O=C(NCCN1C(=O)CCC1=O)N1CCC(c2ccc(F)cc2)C1. The number of likely N-dealkylation sites (tertiary alicyclic amines) is 2. The summed E-state index contributed by atoms with van der Waals surface area (Å²) in [7, 11) is 0. The van der Waals surface area contributed by atoms with E-state index in [1.807, 2.05) is 0 Å². The molecule has 1 aromatic carbocycles. The zero-order valence-corrected chi connectivity index (χ0v) is 13.3. The van der Waals surface area contributed by atoms with E-state index in [1.165, 1.54) is 17.0 Å². The standard InChI is InChI=1S/C17H20FN3O3/c18-14-3-1-12(2-4-14)13-7-9-20(11-13)17(24)19-8-10-21-15(22)5-6-16(21)23/h1-4,13H,5-11H2,(H,19,24). The van der Waals surface area contributed by atoms with Crippen LogP contribution in [-0.2, 0) is 9.59 Å². The first-order chi connectivity index (χ1) is 11.5. The number of hydrogen-bond acceptors (Lipinski definition) is 3. The molecule has 2 fully saturated rings. The molecule has 7 heteroatoms. The molecule has 1 atom stereocenters. The third-order valence-electron chi connectivity index (χ3n) is 4.58. The molecule has 24 heavy (non-hydrogen) atoms. The Hall–Kier alpha value is -2.44. The number of hydrogen-bond donors (Lipinski definition) is 1. The average molecular weight is 333 g/mol. The highest BCUT2D eigenvalue weighted by Gasteiger charge is 2.29. The molecule has 0 radical (unpaired) electrons. The highest BCUT2D eigenvalue weighted by atomic mass is 19.1. The quantitative estimate of drug-likeness (QED) is 0.849. The van der Waals surface area contributed by atoms with Crippen molar-refractivity contribution in [2.75, 3.05) is 26.2 Å². The third-order valence-corrected chi connectivity index (χ3v) is 4.58. The summed E-state index contributed by atoms with van der Waals surface area (Å²) in [6, 6.07) is 6.18. The zero-order valence-electron chi connectivity index (χ0n) is 13.3. The largest absolute Gasteiger partial charge is 0.336 e. The smallest absolute Gasteiger partial charge is 0.317 e. The molecule has 2 saturated heterocycles. The van der Waals surface area contributed by atoms with Crippen molar-refractivity contribution in [1.82, 2.24) is 15.1 Å². The van der Waals surface area contributed by atoms with Crippen molar-refractivity contribution in [3.8, 4) is 0 Å². The van der Waals surface area contributed by atoms with Gasteiger partial charge in [0.2, 0.25) is 11.8 Å². The summed E-state index contributed by atoms with van der Waals surface area (Å²) >= 11 is 0. The van der Waals surface area contributed by atoms with E-state index in [9.17, 15) is 18.8 Å². The van der Waals surface area contributed by atoms with Gasteiger partial charge < -0.3 is 10.2 Å². The van der Waals surface area contributed by atoms with Crippen LogP contribution in [0.2, 0.25) is 0 Å². The predicted octanol–water partition coefficient (Wildman–Crippen LogP) is 1.47. The van der Waals surface area contributed by atoms with Crippen LogP contribution in [-0.4, -0.2) is 53.8 Å². The summed E-state index contributed by atoms with van der Waals surface area (Å²) in [5, 5.41) is 2.75. The van der Waals surface area contributed by atoms with Crippen molar-refractivity contribution in [3.05, 3.63) is 35.6 Å². The van der Waals surface area contributed by atoms with E-state index < -0.39 is 0 Å². The second-order valence-corrected chi connectivity index (χ2v) is 6.15. The first-order valence-corrected chi connectivity index (χ1v) is 8.16. The minimum Gasteiger partial charge on any atom is -0.336 e. The van der Waals surface area contributed by atoms with Gasteiger partial charge in [0.15, 0.2) is 0 Å². The Kier molecular flexibility index (Phi) is 4.78. The molecule has 3 rings (SSSR count). The van der Waals surface area contributed by atoms with Crippen molar-refractivity contribution in [2.24, 2.45) is 0 Å². The van der Waals surface area contributed by atoms with Gasteiger partial charge in [-0.1, -0.05) is 12.1 Å². The fourth-order valence-corrected chi connectivity index (χ4v) is 3.21. The minimum absolute atomic E-state index is 0.174. The lowest BCUT2D eigenvalue weighted by Crippen LogP contribution is -2.43. The van der Waals surface area contributed by atoms with Gasteiger partial charge in [-0.3, -0.25) is 14.5 Å². The van der Waals surface area contributed by atoms with Crippen molar-refractivity contribution in [3.63, 3.8) is 0 Å². The minimum atomic E-state index is -0.266. The summed E-state index contributed by atoms with van der Waals surface area (Å²) in [6.07, 6.45) is 1.36. The first-order valence-electron chi connectivity index (χ1n) is 8.16. The van der Waals surface area contributed by atoms with E-state index in [0.717, 1.165) is 12.0 Å². The number of carbonyl (C=O) groups excluding carboxylic acids is 3. The van der Waals surface area contributed by atoms with Gasteiger partial charge in [-0.15, -0.1) is 0 Å².